The number of piperidine rings is 1. The SMILES string of the molecule is CC(C)CC(NN1CCCCC1)c1ccccc1. The lowest BCUT2D eigenvalue weighted by Gasteiger charge is -2.32. The fourth-order valence-electron chi connectivity index (χ4n) is 2.66. The largest absolute Gasteiger partial charge is 0.248 e. The molecule has 18 heavy (non-hydrogen) atoms. The van der Waals surface area contributed by atoms with Crippen molar-refractivity contribution in [3.05, 3.63) is 35.9 Å². The van der Waals surface area contributed by atoms with E-state index in [1.54, 1.807) is 0 Å². The molecule has 2 nitrogen and oxygen atoms in total. The highest BCUT2D eigenvalue weighted by Crippen LogP contribution is 2.22. The average molecular weight is 246 g/mol. The van der Waals surface area contributed by atoms with Gasteiger partial charge in [0.25, 0.3) is 0 Å². The van der Waals surface area contributed by atoms with Crippen LogP contribution in [0.1, 0.15) is 51.1 Å². The lowest BCUT2D eigenvalue weighted by molar-refractivity contribution is 0.120. The molecular weight excluding hydrogens is 220 g/mol. The maximum Gasteiger partial charge on any atom is 0.0467 e. The van der Waals surface area contributed by atoms with Crippen LogP contribution < -0.4 is 5.43 Å². The van der Waals surface area contributed by atoms with Crippen molar-refractivity contribution >= 4 is 0 Å². The van der Waals surface area contributed by atoms with Crippen LogP contribution in [-0.4, -0.2) is 18.1 Å². The Morgan fingerprint density at radius 1 is 1.06 bits per heavy atom. The summed E-state index contributed by atoms with van der Waals surface area (Å²) in [6, 6.07) is 11.3. The van der Waals surface area contributed by atoms with Crippen LogP contribution in [0.4, 0.5) is 0 Å². The molecule has 0 aliphatic carbocycles. The molecule has 0 spiro atoms. The second-order valence-electron chi connectivity index (χ2n) is 5.77. The summed E-state index contributed by atoms with van der Waals surface area (Å²) in [6.45, 7) is 6.99. The number of hydrogen-bond acceptors (Lipinski definition) is 2. The number of rotatable bonds is 5. The normalized spacial score (nSPS) is 19.1. The van der Waals surface area contributed by atoms with E-state index in [4.69, 9.17) is 0 Å². The fraction of sp³-hybridized carbons (Fsp3) is 0.625. The molecule has 1 fully saturated rings. The van der Waals surface area contributed by atoms with Crippen molar-refractivity contribution in [1.82, 2.24) is 10.4 Å². The minimum Gasteiger partial charge on any atom is -0.248 e. The minimum atomic E-state index is 0.462. The van der Waals surface area contributed by atoms with Crippen LogP contribution in [0.15, 0.2) is 30.3 Å². The Morgan fingerprint density at radius 3 is 2.33 bits per heavy atom. The van der Waals surface area contributed by atoms with Crippen LogP contribution >= 0.6 is 0 Å². The highest BCUT2D eigenvalue weighted by Gasteiger charge is 2.17. The Balaban J connectivity index is 2.00. The molecule has 0 aromatic heterocycles. The zero-order valence-electron chi connectivity index (χ0n) is 11.7. The standard InChI is InChI=1S/C16H26N2/c1-14(2)13-16(15-9-5-3-6-10-15)17-18-11-7-4-8-12-18/h3,5-6,9-10,14,16-17H,4,7-8,11-13H2,1-2H3. The first-order chi connectivity index (χ1) is 8.75. The second kappa shape index (κ2) is 6.91. The van der Waals surface area contributed by atoms with E-state index in [0.29, 0.717) is 12.0 Å². The van der Waals surface area contributed by atoms with Crippen LogP contribution in [0.5, 0.6) is 0 Å². The fourth-order valence-corrected chi connectivity index (χ4v) is 2.66. The van der Waals surface area contributed by atoms with Gasteiger partial charge in [0.05, 0.1) is 0 Å². The molecule has 0 bridgehead atoms. The molecule has 1 atom stereocenters. The van der Waals surface area contributed by atoms with E-state index in [1.165, 1.54) is 44.3 Å². The number of hydrazine groups is 1. The van der Waals surface area contributed by atoms with Gasteiger partial charge in [-0.15, -0.1) is 0 Å². The van der Waals surface area contributed by atoms with Crippen LogP contribution in [0.25, 0.3) is 0 Å². The molecule has 1 unspecified atom stereocenters. The first kappa shape index (κ1) is 13.6. The van der Waals surface area contributed by atoms with Gasteiger partial charge in [-0.1, -0.05) is 50.6 Å². The predicted octanol–water partition coefficient (Wildman–Crippen LogP) is 3.76. The van der Waals surface area contributed by atoms with E-state index in [1.807, 2.05) is 0 Å². The molecule has 0 amide bonds. The van der Waals surface area contributed by atoms with Gasteiger partial charge in [0.2, 0.25) is 0 Å². The summed E-state index contributed by atoms with van der Waals surface area (Å²) in [7, 11) is 0. The summed E-state index contributed by atoms with van der Waals surface area (Å²) in [4.78, 5) is 0. The molecule has 1 heterocycles. The Bertz CT molecular complexity index is 328. The van der Waals surface area contributed by atoms with Gasteiger partial charge in [-0.25, -0.2) is 10.4 Å². The van der Waals surface area contributed by atoms with E-state index in [-0.39, 0.29) is 0 Å². The van der Waals surface area contributed by atoms with Gasteiger partial charge in [-0.3, -0.25) is 0 Å². The second-order valence-corrected chi connectivity index (χ2v) is 5.77. The minimum absolute atomic E-state index is 0.462. The first-order valence-electron chi connectivity index (χ1n) is 7.32. The molecule has 2 rings (SSSR count). The van der Waals surface area contributed by atoms with E-state index < -0.39 is 0 Å². The van der Waals surface area contributed by atoms with Gasteiger partial charge >= 0.3 is 0 Å². The number of nitrogens with one attached hydrogen (secondary N) is 1. The summed E-state index contributed by atoms with van der Waals surface area (Å²) in [6.07, 6.45) is 5.24. The Labute approximate surface area is 111 Å². The summed E-state index contributed by atoms with van der Waals surface area (Å²) in [5.74, 6) is 0.715. The number of nitrogens with zero attached hydrogens (tertiary/aromatic N) is 1. The van der Waals surface area contributed by atoms with E-state index in [9.17, 15) is 0 Å². The molecule has 0 saturated carbocycles. The van der Waals surface area contributed by atoms with Gasteiger partial charge in [-0.05, 0) is 30.7 Å². The zero-order valence-corrected chi connectivity index (χ0v) is 11.7. The highest BCUT2D eigenvalue weighted by atomic mass is 15.5. The highest BCUT2D eigenvalue weighted by molar-refractivity contribution is 5.18. The van der Waals surface area contributed by atoms with Crippen molar-refractivity contribution in [3.8, 4) is 0 Å². The molecule has 2 heteroatoms. The summed E-state index contributed by atoms with van der Waals surface area (Å²) in [5.41, 5.74) is 5.15. The van der Waals surface area contributed by atoms with E-state index >= 15 is 0 Å². The van der Waals surface area contributed by atoms with Crippen LogP contribution in [0, 0.1) is 5.92 Å². The van der Waals surface area contributed by atoms with Gasteiger partial charge in [0.15, 0.2) is 0 Å². The third-order valence-electron chi connectivity index (χ3n) is 3.60. The van der Waals surface area contributed by atoms with Crippen molar-refractivity contribution in [2.24, 2.45) is 5.92 Å². The smallest absolute Gasteiger partial charge is 0.0467 e. The molecule has 1 N–H and O–H groups in total. The molecule has 1 aliphatic rings. The maximum atomic E-state index is 3.74. The molecule has 1 aromatic carbocycles. The monoisotopic (exact) mass is 246 g/mol. The van der Waals surface area contributed by atoms with Gasteiger partial charge in [0.1, 0.15) is 0 Å². The maximum absolute atomic E-state index is 3.74. The average Bonchev–Trinajstić information content (AvgIpc) is 2.40. The van der Waals surface area contributed by atoms with Crippen LogP contribution in [0.3, 0.4) is 0 Å². The molecule has 1 aromatic rings. The van der Waals surface area contributed by atoms with Crippen molar-refractivity contribution in [2.75, 3.05) is 13.1 Å². The lowest BCUT2D eigenvalue weighted by Crippen LogP contribution is -2.43. The van der Waals surface area contributed by atoms with Crippen molar-refractivity contribution in [3.63, 3.8) is 0 Å². The first-order valence-corrected chi connectivity index (χ1v) is 7.32. The Kier molecular flexibility index (Phi) is 5.21. The molecular formula is C16H26N2. The van der Waals surface area contributed by atoms with Crippen LogP contribution in [-0.2, 0) is 0 Å². The molecule has 0 radical (unpaired) electrons. The third kappa shape index (κ3) is 4.11. The van der Waals surface area contributed by atoms with Gasteiger partial charge in [-0.2, -0.15) is 0 Å². The Morgan fingerprint density at radius 2 is 1.72 bits per heavy atom. The quantitative estimate of drug-likeness (QED) is 0.851. The van der Waals surface area contributed by atoms with E-state index in [0.717, 1.165) is 0 Å². The van der Waals surface area contributed by atoms with Crippen molar-refractivity contribution in [2.45, 2.75) is 45.6 Å². The zero-order chi connectivity index (χ0) is 12.8. The predicted molar refractivity (Wildman–Crippen MR) is 77.2 cm³/mol. The number of benzene rings is 1. The molecule has 1 aliphatic heterocycles. The topological polar surface area (TPSA) is 15.3 Å². The van der Waals surface area contributed by atoms with Gasteiger partial charge in [0, 0.05) is 19.1 Å². The van der Waals surface area contributed by atoms with Crippen LogP contribution in [0.2, 0.25) is 0 Å². The summed E-state index contributed by atoms with van der Waals surface area (Å²) in [5, 5.41) is 2.42. The summed E-state index contributed by atoms with van der Waals surface area (Å²) >= 11 is 0. The van der Waals surface area contributed by atoms with Crippen molar-refractivity contribution in [1.29, 1.82) is 0 Å². The van der Waals surface area contributed by atoms with Gasteiger partial charge < -0.3 is 0 Å². The van der Waals surface area contributed by atoms with E-state index in [2.05, 4.69) is 54.6 Å². The third-order valence-corrected chi connectivity index (χ3v) is 3.60. The number of hydrogen-bond donors (Lipinski definition) is 1. The molecule has 1 saturated heterocycles. The van der Waals surface area contributed by atoms with Crippen molar-refractivity contribution < 1.29 is 0 Å². The Hall–Kier alpha value is -0.860. The lowest BCUT2D eigenvalue weighted by atomic mass is 9.97. The molecule has 100 valence electrons. The summed E-state index contributed by atoms with van der Waals surface area (Å²) < 4.78 is 0.